The summed E-state index contributed by atoms with van der Waals surface area (Å²) in [6, 6.07) is 11.7. The van der Waals surface area contributed by atoms with Crippen molar-refractivity contribution < 1.29 is 18.3 Å². The van der Waals surface area contributed by atoms with Crippen molar-refractivity contribution in [2.75, 3.05) is 18.5 Å². The van der Waals surface area contributed by atoms with Gasteiger partial charge in [-0.05, 0) is 79.3 Å². The molecule has 0 atom stereocenters. The van der Waals surface area contributed by atoms with Gasteiger partial charge < -0.3 is 14.8 Å². The Bertz CT molecular complexity index is 790. The summed E-state index contributed by atoms with van der Waals surface area (Å²) < 4.78 is 35.7. The van der Waals surface area contributed by atoms with Crippen LogP contribution in [-0.2, 0) is 19.3 Å². The zero-order chi connectivity index (χ0) is 18.6. The molecule has 0 aromatic heterocycles. The fourth-order valence-corrected chi connectivity index (χ4v) is 3.60. The molecule has 144 valence electrons. The predicted octanol–water partition coefficient (Wildman–Crippen LogP) is 5.22. The van der Waals surface area contributed by atoms with E-state index in [1.165, 1.54) is 16.8 Å². The molecular formula is C22H25F2NO2. The second-order valence-corrected chi connectivity index (χ2v) is 7.39. The fourth-order valence-electron chi connectivity index (χ4n) is 3.60. The summed E-state index contributed by atoms with van der Waals surface area (Å²) in [6.07, 6.45) is 6.32. The lowest BCUT2D eigenvalue weighted by Gasteiger charge is -2.21. The second-order valence-electron chi connectivity index (χ2n) is 7.39. The minimum atomic E-state index is -2.84. The first-order chi connectivity index (χ1) is 13.2. The smallest absolute Gasteiger partial charge is 0.387 e. The molecule has 1 heterocycles. The first-order valence-electron chi connectivity index (χ1n) is 9.74. The first kappa shape index (κ1) is 18.1. The molecule has 1 N–H and O–H groups in total. The maximum absolute atomic E-state index is 12.7. The van der Waals surface area contributed by atoms with Gasteiger partial charge in [0, 0.05) is 12.2 Å². The van der Waals surface area contributed by atoms with Crippen LogP contribution in [0.25, 0.3) is 0 Å². The molecule has 1 saturated carbocycles. The summed E-state index contributed by atoms with van der Waals surface area (Å²) in [5, 5.41) is 3.46. The van der Waals surface area contributed by atoms with Gasteiger partial charge in [0.2, 0.25) is 0 Å². The lowest BCUT2D eigenvalue weighted by molar-refractivity contribution is -0.0515. The molecule has 0 bridgehead atoms. The van der Waals surface area contributed by atoms with Crippen molar-refractivity contribution in [2.24, 2.45) is 5.92 Å². The standard InChI is InChI=1S/C22H25F2NO2/c23-22(24)27-20-11-9-15(13-21(20)26-14-16-6-7-16)8-10-17-3-1-5-19-18(17)4-2-12-25-19/h1,3,5,9,11,13,16,22,25H,2,4,6-8,10,12,14H2. The van der Waals surface area contributed by atoms with Crippen LogP contribution in [0.4, 0.5) is 14.5 Å². The Morgan fingerprint density at radius 1 is 1.07 bits per heavy atom. The lowest BCUT2D eigenvalue weighted by Crippen LogP contribution is -2.13. The Hall–Kier alpha value is -2.30. The van der Waals surface area contributed by atoms with Gasteiger partial charge in [0.25, 0.3) is 0 Å². The summed E-state index contributed by atoms with van der Waals surface area (Å²) in [6.45, 7) is -1.24. The average Bonchev–Trinajstić information content (AvgIpc) is 3.50. The molecule has 3 nitrogen and oxygen atoms in total. The van der Waals surface area contributed by atoms with E-state index in [0.29, 0.717) is 18.3 Å². The van der Waals surface area contributed by atoms with Crippen LogP contribution < -0.4 is 14.8 Å². The third-order valence-electron chi connectivity index (χ3n) is 5.27. The third-order valence-corrected chi connectivity index (χ3v) is 5.27. The zero-order valence-corrected chi connectivity index (χ0v) is 15.3. The van der Waals surface area contributed by atoms with Crippen LogP contribution in [0.15, 0.2) is 36.4 Å². The normalized spacial score (nSPS) is 16.0. The van der Waals surface area contributed by atoms with Crippen LogP contribution in [0.2, 0.25) is 0 Å². The summed E-state index contributed by atoms with van der Waals surface area (Å²) in [5.41, 5.74) is 5.08. The van der Waals surface area contributed by atoms with Crippen molar-refractivity contribution in [1.29, 1.82) is 0 Å². The van der Waals surface area contributed by atoms with E-state index in [1.807, 2.05) is 12.1 Å². The van der Waals surface area contributed by atoms with E-state index < -0.39 is 6.61 Å². The van der Waals surface area contributed by atoms with Crippen molar-refractivity contribution in [3.05, 3.63) is 53.1 Å². The Balaban J connectivity index is 1.47. The number of benzene rings is 2. The van der Waals surface area contributed by atoms with E-state index in [9.17, 15) is 8.78 Å². The van der Waals surface area contributed by atoms with Crippen LogP contribution in [0.5, 0.6) is 11.5 Å². The number of rotatable bonds is 8. The number of ether oxygens (including phenoxy) is 2. The molecule has 0 saturated heterocycles. The van der Waals surface area contributed by atoms with Gasteiger partial charge in [-0.1, -0.05) is 18.2 Å². The molecule has 0 radical (unpaired) electrons. The van der Waals surface area contributed by atoms with E-state index in [2.05, 4.69) is 28.3 Å². The van der Waals surface area contributed by atoms with Crippen molar-refractivity contribution >= 4 is 5.69 Å². The molecule has 2 aromatic carbocycles. The highest BCUT2D eigenvalue weighted by Gasteiger charge is 2.23. The molecule has 0 unspecified atom stereocenters. The van der Waals surface area contributed by atoms with E-state index in [0.717, 1.165) is 50.6 Å². The number of hydrogen-bond donors (Lipinski definition) is 1. The molecule has 2 aliphatic rings. The summed E-state index contributed by atoms with van der Waals surface area (Å²) in [7, 11) is 0. The largest absolute Gasteiger partial charge is 0.489 e. The average molecular weight is 373 g/mol. The molecule has 0 spiro atoms. The van der Waals surface area contributed by atoms with Crippen LogP contribution in [0.3, 0.4) is 0 Å². The van der Waals surface area contributed by atoms with Gasteiger partial charge in [-0.25, -0.2) is 0 Å². The number of hydrogen-bond acceptors (Lipinski definition) is 3. The predicted molar refractivity (Wildman–Crippen MR) is 102 cm³/mol. The number of nitrogens with one attached hydrogen (secondary N) is 1. The van der Waals surface area contributed by atoms with Gasteiger partial charge in [0.1, 0.15) is 0 Å². The number of fused-ring (bicyclic) bond motifs is 1. The maximum Gasteiger partial charge on any atom is 0.387 e. The second kappa shape index (κ2) is 8.15. The molecule has 1 aliphatic carbocycles. The molecule has 1 fully saturated rings. The Morgan fingerprint density at radius 3 is 2.78 bits per heavy atom. The van der Waals surface area contributed by atoms with E-state index in [-0.39, 0.29) is 5.75 Å². The Kier molecular flexibility index (Phi) is 5.46. The maximum atomic E-state index is 12.7. The molecule has 2 aromatic rings. The quantitative estimate of drug-likeness (QED) is 0.688. The Labute approximate surface area is 158 Å². The van der Waals surface area contributed by atoms with Gasteiger partial charge in [0.05, 0.1) is 6.61 Å². The molecule has 1 aliphatic heterocycles. The minimum absolute atomic E-state index is 0.121. The highest BCUT2D eigenvalue weighted by Crippen LogP contribution is 2.34. The van der Waals surface area contributed by atoms with Crippen molar-refractivity contribution in [3.63, 3.8) is 0 Å². The van der Waals surface area contributed by atoms with Crippen LogP contribution in [0.1, 0.15) is 36.0 Å². The molecule has 4 rings (SSSR count). The van der Waals surface area contributed by atoms with Crippen LogP contribution in [0, 0.1) is 5.92 Å². The van der Waals surface area contributed by atoms with E-state index >= 15 is 0 Å². The topological polar surface area (TPSA) is 30.5 Å². The molecular weight excluding hydrogens is 348 g/mol. The highest BCUT2D eigenvalue weighted by molar-refractivity contribution is 5.56. The molecule has 0 amide bonds. The van der Waals surface area contributed by atoms with Gasteiger partial charge in [-0.3, -0.25) is 0 Å². The summed E-state index contributed by atoms with van der Waals surface area (Å²) >= 11 is 0. The summed E-state index contributed by atoms with van der Waals surface area (Å²) in [5.74, 6) is 1.10. The summed E-state index contributed by atoms with van der Waals surface area (Å²) in [4.78, 5) is 0. The van der Waals surface area contributed by atoms with Gasteiger partial charge in [-0.15, -0.1) is 0 Å². The number of anilines is 1. The fraction of sp³-hybridized carbons (Fsp3) is 0.455. The SMILES string of the molecule is FC(F)Oc1ccc(CCc2cccc3c2CCCN3)cc1OCC1CC1. The highest BCUT2D eigenvalue weighted by atomic mass is 19.3. The van der Waals surface area contributed by atoms with Crippen LogP contribution in [-0.4, -0.2) is 19.8 Å². The van der Waals surface area contributed by atoms with E-state index in [1.54, 1.807) is 6.07 Å². The third kappa shape index (κ3) is 4.71. The number of halogens is 2. The van der Waals surface area contributed by atoms with Gasteiger partial charge >= 0.3 is 6.61 Å². The first-order valence-corrected chi connectivity index (χ1v) is 9.74. The van der Waals surface area contributed by atoms with Crippen LogP contribution >= 0.6 is 0 Å². The zero-order valence-electron chi connectivity index (χ0n) is 15.3. The van der Waals surface area contributed by atoms with E-state index in [4.69, 9.17) is 4.74 Å². The monoisotopic (exact) mass is 373 g/mol. The van der Waals surface area contributed by atoms with Gasteiger partial charge in [-0.2, -0.15) is 8.78 Å². The minimum Gasteiger partial charge on any atom is -0.489 e. The van der Waals surface area contributed by atoms with Crippen molar-refractivity contribution in [2.45, 2.75) is 45.1 Å². The molecule has 5 heteroatoms. The van der Waals surface area contributed by atoms with Gasteiger partial charge in [0.15, 0.2) is 11.5 Å². The lowest BCUT2D eigenvalue weighted by atomic mass is 9.93. The van der Waals surface area contributed by atoms with Crippen molar-refractivity contribution in [1.82, 2.24) is 0 Å². The van der Waals surface area contributed by atoms with Crippen molar-refractivity contribution in [3.8, 4) is 11.5 Å². The molecule has 27 heavy (non-hydrogen) atoms. The number of aryl methyl sites for hydroxylation is 2. The Morgan fingerprint density at radius 2 is 1.96 bits per heavy atom. The number of alkyl halides is 2.